The molecule has 0 spiro atoms. The maximum atomic E-state index is 6.21. The first-order chi connectivity index (χ1) is 13.6. The molecule has 2 aromatic heterocycles. The third-order valence-corrected chi connectivity index (χ3v) is 4.37. The Hall–Kier alpha value is -3.03. The molecule has 9 heteroatoms. The van der Waals surface area contributed by atoms with E-state index in [4.69, 9.17) is 32.7 Å². The number of ether oxygens (including phenoxy) is 2. The molecule has 0 unspecified atom stereocenters. The van der Waals surface area contributed by atoms with Crippen LogP contribution in [0.15, 0.2) is 48.5 Å². The topological polar surface area (TPSA) is 85.0 Å². The number of benzene rings is 2. The Morgan fingerprint density at radius 1 is 1.04 bits per heavy atom. The third-order valence-electron chi connectivity index (χ3n) is 3.88. The number of aromatic amines is 1. The summed E-state index contributed by atoms with van der Waals surface area (Å²) in [5.74, 6) is 2.39. The summed E-state index contributed by atoms with van der Waals surface area (Å²) in [6, 6.07) is 14.4. The van der Waals surface area contributed by atoms with E-state index in [1.807, 2.05) is 24.3 Å². The van der Waals surface area contributed by atoms with Crippen molar-refractivity contribution in [2.75, 3.05) is 12.4 Å². The number of halogens is 2. The zero-order valence-corrected chi connectivity index (χ0v) is 16.3. The van der Waals surface area contributed by atoms with Crippen LogP contribution in [0.2, 0.25) is 10.2 Å². The van der Waals surface area contributed by atoms with Crippen LogP contribution in [0.5, 0.6) is 17.4 Å². The number of anilines is 1. The molecule has 4 rings (SSSR count). The smallest absolute Gasteiger partial charge is 0.227 e. The van der Waals surface area contributed by atoms with E-state index in [0.717, 1.165) is 16.9 Å². The SMILES string of the molecule is COc1ccc(Oc2cc(Cl)nc(NCc3nc4ccccc4[nH]3)n2)c(Cl)c1. The van der Waals surface area contributed by atoms with Gasteiger partial charge >= 0.3 is 0 Å². The molecule has 0 fully saturated rings. The molecule has 2 N–H and O–H groups in total. The van der Waals surface area contributed by atoms with Crippen LogP contribution < -0.4 is 14.8 Å². The molecule has 0 atom stereocenters. The molecule has 0 bridgehead atoms. The molecule has 7 nitrogen and oxygen atoms in total. The number of fused-ring (bicyclic) bond motifs is 1. The number of methoxy groups -OCH3 is 1. The lowest BCUT2D eigenvalue weighted by Crippen LogP contribution is -2.05. The summed E-state index contributed by atoms with van der Waals surface area (Å²) in [5.41, 5.74) is 1.86. The van der Waals surface area contributed by atoms with E-state index in [2.05, 4.69) is 25.3 Å². The van der Waals surface area contributed by atoms with Gasteiger partial charge < -0.3 is 19.8 Å². The average Bonchev–Trinajstić information content (AvgIpc) is 3.10. The van der Waals surface area contributed by atoms with Gasteiger partial charge in [0.1, 0.15) is 22.5 Å². The second-order valence-electron chi connectivity index (χ2n) is 5.81. The van der Waals surface area contributed by atoms with E-state index in [0.29, 0.717) is 29.0 Å². The highest BCUT2D eigenvalue weighted by Crippen LogP contribution is 2.32. The van der Waals surface area contributed by atoms with Gasteiger partial charge in [-0.2, -0.15) is 4.98 Å². The molecule has 0 aliphatic rings. The van der Waals surface area contributed by atoms with Crippen LogP contribution >= 0.6 is 23.2 Å². The molecular weight excluding hydrogens is 401 g/mol. The fraction of sp³-hybridized carbons (Fsp3) is 0.105. The van der Waals surface area contributed by atoms with Crippen LogP contribution in [0.25, 0.3) is 11.0 Å². The summed E-state index contributed by atoms with van der Waals surface area (Å²) in [6.07, 6.45) is 0. The Morgan fingerprint density at radius 3 is 2.68 bits per heavy atom. The van der Waals surface area contributed by atoms with Gasteiger partial charge in [-0.3, -0.25) is 0 Å². The molecule has 0 amide bonds. The van der Waals surface area contributed by atoms with Gasteiger partial charge in [0.2, 0.25) is 11.8 Å². The molecule has 2 aromatic carbocycles. The number of aromatic nitrogens is 4. The highest BCUT2D eigenvalue weighted by Gasteiger charge is 2.10. The number of hydrogen-bond donors (Lipinski definition) is 2. The fourth-order valence-corrected chi connectivity index (χ4v) is 2.97. The standard InChI is InChI=1S/C19H15Cl2N5O2/c1-27-11-6-7-15(12(20)8-11)28-18-9-16(21)25-19(26-18)22-10-17-23-13-4-2-3-5-14(13)24-17/h2-9H,10H2,1H3,(H,23,24)(H,22,25,26). The van der Waals surface area contributed by atoms with E-state index < -0.39 is 0 Å². The number of imidazole rings is 1. The zero-order chi connectivity index (χ0) is 19.5. The maximum Gasteiger partial charge on any atom is 0.227 e. The van der Waals surface area contributed by atoms with Crippen LogP contribution in [0, 0.1) is 0 Å². The van der Waals surface area contributed by atoms with Crippen LogP contribution in [0.3, 0.4) is 0 Å². The lowest BCUT2D eigenvalue weighted by atomic mass is 10.3. The Bertz CT molecular complexity index is 1100. The molecule has 0 aliphatic heterocycles. The summed E-state index contributed by atoms with van der Waals surface area (Å²) in [4.78, 5) is 16.2. The number of nitrogens with zero attached hydrogens (tertiary/aromatic N) is 3. The highest BCUT2D eigenvalue weighted by molar-refractivity contribution is 6.32. The van der Waals surface area contributed by atoms with Crippen molar-refractivity contribution < 1.29 is 9.47 Å². The Morgan fingerprint density at radius 2 is 1.89 bits per heavy atom. The van der Waals surface area contributed by atoms with Crippen LogP contribution in [0.1, 0.15) is 5.82 Å². The average molecular weight is 416 g/mol. The summed E-state index contributed by atoms with van der Waals surface area (Å²) in [7, 11) is 1.57. The quantitative estimate of drug-likeness (QED) is 0.427. The zero-order valence-electron chi connectivity index (χ0n) is 14.7. The first kappa shape index (κ1) is 18.3. The minimum atomic E-state index is 0.238. The Balaban J connectivity index is 1.50. The van der Waals surface area contributed by atoms with Gasteiger partial charge in [-0.15, -0.1) is 0 Å². The number of rotatable bonds is 6. The number of para-hydroxylation sites is 2. The predicted molar refractivity (Wildman–Crippen MR) is 109 cm³/mol. The van der Waals surface area contributed by atoms with Crippen molar-refractivity contribution >= 4 is 40.2 Å². The van der Waals surface area contributed by atoms with E-state index in [9.17, 15) is 0 Å². The largest absolute Gasteiger partial charge is 0.497 e. The Kier molecular flexibility index (Phi) is 5.18. The molecule has 0 radical (unpaired) electrons. The monoisotopic (exact) mass is 415 g/mol. The van der Waals surface area contributed by atoms with Gasteiger partial charge in [-0.1, -0.05) is 35.3 Å². The normalized spacial score (nSPS) is 10.8. The number of H-pyrrole nitrogens is 1. The molecule has 2 heterocycles. The molecule has 0 saturated carbocycles. The second kappa shape index (κ2) is 7.92. The van der Waals surface area contributed by atoms with Gasteiger partial charge in [-0.05, 0) is 24.3 Å². The number of nitrogens with one attached hydrogen (secondary N) is 2. The Labute approximate surface area is 170 Å². The van der Waals surface area contributed by atoms with E-state index >= 15 is 0 Å². The van der Waals surface area contributed by atoms with Crippen molar-refractivity contribution in [2.45, 2.75) is 6.54 Å². The van der Waals surface area contributed by atoms with Crippen molar-refractivity contribution in [3.05, 3.63) is 64.5 Å². The van der Waals surface area contributed by atoms with Gasteiger partial charge in [-0.25, -0.2) is 9.97 Å². The van der Waals surface area contributed by atoms with E-state index in [1.54, 1.807) is 25.3 Å². The highest BCUT2D eigenvalue weighted by atomic mass is 35.5. The molecule has 0 aliphatic carbocycles. The minimum Gasteiger partial charge on any atom is -0.497 e. The molecule has 0 saturated heterocycles. The summed E-state index contributed by atoms with van der Waals surface area (Å²) in [5, 5.41) is 3.72. The van der Waals surface area contributed by atoms with Crippen LogP contribution in [-0.2, 0) is 6.54 Å². The minimum absolute atomic E-state index is 0.238. The first-order valence-corrected chi connectivity index (χ1v) is 9.10. The van der Waals surface area contributed by atoms with Crippen LogP contribution in [0.4, 0.5) is 5.95 Å². The van der Waals surface area contributed by atoms with Gasteiger partial charge in [0.05, 0.1) is 29.7 Å². The summed E-state index contributed by atoms with van der Waals surface area (Å²) in [6.45, 7) is 0.401. The van der Waals surface area contributed by atoms with Crippen molar-refractivity contribution in [3.63, 3.8) is 0 Å². The second-order valence-corrected chi connectivity index (χ2v) is 6.60. The fourth-order valence-electron chi connectivity index (χ4n) is 2.58. The van der Waals surface area contributed by atoms with Crippen molar-refractivity contribution in [2.24, 2.45) is 0 Å². The van der Waals surface area contributed by atoms with Crippen molar-refractivity contribution in [1.82, 2.24) is 19.9 Å². The molecular formula is C19H15Cl2N5O2. The maximum absolute atomic E-state index is 6.21. The van der Waals surface area contributed by atoms with Gasteiger partial charge in [0, 0.05) is 12.1 Å². The van der Waals surface area contributed by atoms with Crippen molar-refractivity contribution in [3.8, 4) is 17.4 Å². The molecule has 4 aromatic rings. The number of hydrogen-bond acceptors (Lipinski definition) is 6. The van der Waals surface area contributed by atoms with E-state index in [1.165, 1.54) is 6.07 Å². The van der Waals surface area contributed by atoms with Crippen LogP contribution in [-0.4, -0.2) is 27.0 Å². The predicted octanol–water partition coefficient (Wildman–Crippen LogP) is 5.07. The lowest BCUT2D eigenvalue weighted by Gasteiger charge is -2.10. The van der Waals surface area contributed by atoms with Gasteiger partial charge in [0.25, 0.3) is 0 Å². The van der Waals surface area contributed by atoms with E-state index in [-0.39, 0.29) is 11.0 Å². The third kappa shape index (κ3) is 4.11. The summed E-state index contributed by atoms with van der Waals surface area (Å²) < 4.78 is 10.9. The molecule has 28 heavy (non-hydrogen) atoms. The van der Waals surface area contributed by atoms with Gasteiger partial charge in [0.15, 0.2) is 0 Å². The first-order valence-electron chi connectivity index (χ1n) is 8.34. The summed E-state index contributed by atoms with van der Waals surface area (Å²) >= 11 is 12.3. The van der Waals surface area contributed by atoms with Crippen molar-refractivity contribution in [1.29, 1.82) is 0 Å². The lowest BCUT2D eigenvalue weighted by molar-refractivity contribution is 0.412. The molecule has 142 valence electrons.